The minimum atomic E-state index is -3.04. The van der Waals surface area contributed by atoms with Gasteiger partial charge in [0.15, 0.2) is 15.6 Å². The first-order valence-electron chi connectivity index (χ1n) is 10.1. The summed E-state index contributed by atoms with van der Waals surface area (Å²) in [7, 11) is -1.30. The van der Waals surface area contributed by atoms with E-state index in [0.29, 0.717) is 30.2 Å². The third-order valence-electron chi connectivity index (χ3n) is 4.86. The summed E-state index contributed by atoms with van der Waals surface area (Å²) in [5.41, 5.74) is 0.569. The van der Waals surface area contributed by atoms with Gasteiger partial charge >= 0.3 is 0 Å². The quantitative estimate of drug-likeness (QED) is 0.612. The standard InChI is InChI=1S/C22H27N3O5S/c1-25(15-22(27)23-17-12-14-31(28,29)16-17)13-11-21(26)24-19-9-5-6-10-20(19)30-18-7-3-2-4-8-18/h2-10,17H,11-16H2,1H3,(H,23,27)(H,24,26). The highest BCUT2D eigenvalue weighted by molar-refractivity contribution is 7.91. The summed E-state index contributed by atoms with van der Waals surface area (Å²) in [5.74, 6) is 0.884. The molecule has 8 nitrogen and oxygen atoms in total. The fourth-order valence-corrected chi connectivity index (χ4v) is 4.96. The van der Waals surface area contributed by atoms with E-state index in [0.717, 1.165) is 0 Å². The van der Waals surface area contributed by atoms with Crippen molar-refractivity contribution < 1.29 is 22.7 Å². The van der Waals surface area contributed by atoms with Crippen molar-refractivity contribution in [1.29, 1.82) is 0 Å². The van der Waals surface area contributed by atoms with E-state index in [-0.39, 0.29) is 42.3 Å². The summed E-state index contributed by atoms with van der Waals surface area (Å²) in [4.78, 5) is 26.2. The average molecular weight is 446 g/mol. The minimum absolute atomic E-state index is 0.00464. The number of hydrogen-bond donors (Lipinski definition) is 2. The van der Waals surface area contributed by atoms with Crippen LogP contribution in [0.5, 0.6) is 11.5 Å². The normalized spacial score (nSPS) is 17.3. The molecule has 0 aliphatic carbocycles. The summed E-state index contributed by atoms with van der Waals surface area (Å²) in [6.07, 6.45) is 0.645. The zero-order valence-corrected chi connectivity index (χ0v) is 18.2. The molecule has 2 amide bonds. The largest absolute Gasteiger partial charge is 0.455 e. The second kappa shape index (κ2) is 10.4. The molecule has 1 heterocycles. The van der Waals surface area contributed by atoms with Gasteiger partial charge in [0, 0.05) is 19.0 Å². The van der Waals surface area contributed by atoms with Gasteiger partial charge in [-0.15, -0.1) is 0 Å². The van der Waals surface area contributed by atoms with E-state index in [1.807, 2.05) is 42.5 Å². The molecule has 1 atom stereocenters. The predicted octanol–water partition coefficient (Wildman–Crippen LogP) is 2.04. The number of rotatable bonds is 9. The van der Waals surface area contributed by atoms with Crippen LogP contribution in [0.1, 0.15) is 12.8 Å². The number of hydrogen-bond acceptors (Lipinski definition) is 6. The van der Waals surface area contributed by atoms with Crippen LogP contribution in [0.15, 0.2) is 54.6 Å². The number of nitrogens with one attached hydrogen (secondary N) is 2. The monoisotopic (exact) mass is 445 g/mol. The first kappa shape index (κ1) is 22.8. The summed E-state index contributed by atoms with van der Waals surface area (Å²) in [6, 6.07) is 16.2. The fourth-order valence-electron chi connectivity index (χ4n) is 3.29. The Kier molecular flexibility index (Phi) is 7.64. The lowest BCUT2D eigenvalue weighted by Gasteiger charge is -2.18. The van der Waals surface area contributed by atoms with Crippen LogP contribution >= 0.6 is 0 Å². The fraction of sp³-hybridized carbons (Fsp3) is 0.364. The number of para-hydroxylation sites is 3. The van der Waals surface area contributed by atoms with Crippen molar-refractivity contribution in [2.45, 2.75) is 18.9 Å². The van der Waals surface area contributed by atoms with Crippen LogP contribution in [-0.4, -0.2) is 62.8 Å². The molecule has 0 aromatic heterocycles. The molecule has 1 aliphatic rings. The molecule has 0 bridgehead atoms. The van der Waals surface area contributed by atoms with Crippen LogP contribution in [-0.2, 0) is 19.4 Å². The van der Waals surface area contributed by atoms with Crippen molar-refractivity contribution in [3.63, 3.8) is 0 Å². The SMILES string of the molecule is CN(CCC(=O)Nc1ccccc1Oc1ccccc1)CC(=O)NC1CCS(=O)(=O)C1. The van der Waals surface area contributed by atoms with Gasteiger partial charge in [0.1, 0.15) is 5.75 Å². The van der Waals surface area contributed by atoms with Crippen LogP contribution < -0.4 is 15.4 Å². The molecule has 3 rings (SSSR count). The van der Waals surface area contributed by atoms with Crippen molar-refractivity contribution in [2.75, 3.05) is 37.0 Å². The third kappa shape index (κ3) is 7.37. The van der Waals surface area contributed by atoms with Crippen LogP contribution in [0, 0.1) is 0 Å². The minimum Gasteiger partial charge on any atom is -0.455 e. The van der Waals surface area contributed by atoms with Crippen LogP contribution in [0.3, 0.4) is 0 Å². The molecule has 0 spiro atoms. The van der Waals surface area contributed by atoms with Crippen molar-refractivity contribution >= 4 is 27.3 Å². The van der Waals surface area contributed by atoms with E-state index in [9.17, 15) is 18.0 Å². The number of ether oxygens (including phenoxy) is 1. The van der Waals surface area contributed by atoms with Gasteiger partial charge in [-0.2, -0.15) is 0 Å². The van der Waals surface area contributed by atoms with E-state index in [1.54, 1.807) is 24.1 Å². The Morgan fingerprint density at radius 3 is 2.48 bits per heavy atom. The molecular formula is C22H27N3O5S. The molecule has 1 saturated heterocycles. The Labute approximate surface area is 182 Å². The molecule has 2 N–H and O–H groups in total. The summed E-state index contributed by atoms with van der Waals surface area (Å²) in [5, 5.41) is 5.60. The van der Waals surface area contributed by atoms with Crippen LogP contribution in [0.25, 0.3) is 0 Å². The van der Waals surface area contributed by atoms with E-state index in [1.165, 1.54) is 0 Å². The lowest BCUT2D eigenvalue weighted by molar-refractivity contribution is -0.123. The molecule has 9 heteroatoms. The number of benzene rings is 2. The first-order valence-corrected chi connectivity index (χ1v) is 11.9. The highest BCUT2D eigenvalue weighted by Crippen LogP contribution is 2.29. The zero-order valence-electron chi connectivity index (χ0n) is 17.4. The molecule has 0 radical (unpaired) electrons. The first-order chi connectivity index (χ1) is 14.8. The van der Waals surface area contributed by atoms with Crippen molar-refractivity contribution in [3.05, 3.63) is 54.6 Å². The zero-order chi connectivity index (χ0) is 22.3. The van der Waals surface area contributed by atoms with Crippen LogP contribution in [0.2, 0.25) is 0 Å². The molecule has 2 aromatic rings. The third-order valence-corrected chi connectivity index (χ3v) is 6.63. The van der Waals surface area contributed by atoms with Gasteiger partial charge in [-0.3, -0.25) is 14.5 Å². The van der Waals surface area contributed by atoms with E-state index in [2.05, 4.69) is 10.6 Å². The topological polar surface area (TPSA) is 105 Å². The number of anilines is 1. The lowest BCUT2D eigenvalue weighted by atomic mass is 10.2. The van der Waals surface area contributed by atoms with Gasteiger partial charge < -0.3 is 15.4 Å². The Hall–Kier alpha value is -2.91. The predicted molar refractivity (Wildman–Crippen MR) is 119 cm³/mol. The highest BCUT2D eigenvalue weighted by atomic mass is 32.2. The van der Waals surface area contributed by atoms with E-state index < -0.39 is 9.84 Å². The second-order valence-electron chi connectivity index (χ2n) is 7.61. The van der Waals surface area contributed by atoms with Crippen molar-refractivity contribution in [2.24, 2.45) is 0 Å². The maximum Gasteiger partial charge on any atom is 0.234 e. The molecule has 166 valence electrons. The van der Waals surface area contributed by atoms with Crippen molar-refractivity contribution in [1.82, 2.24) is 10.2 Å². The van der Waals surface area contributed by atoms with Gasteiger partial charge in [-0.1, -0.05) is 30.3 Å². The summed E-state index contributed by atoms with van der Waals surface area (Å²) < 4.78 is 28.8. The smallest absolute Gasteiger partial charge is 0.234 e. The Morgan fingerprint density at radius 2 is 1.77 bits per heavy atom. The number of carbonyl (C=O) groups is 2. The number of likely N-dealkylation sites (N-methyl/N-ethyl adjacent to an activating group) is 1. The molecule has 31 heavy (non-hydrogen) atoms. The molecule has 1 unspecified atom stereocenters. The second-order valence-corrected chi connectivity index (χ2v) is 9.84. The highest BCUT2D eigenvalue weighted by Gasteiger charge is 2.29. The molecule has 2 aromatic carbocycles. The molecular weight excluding hydrogens is 418 g/mol. The van der Waals surface area contributed by atoms with Gasteiger partial charge in [-0.05, 0) is 37.7 Å². The lowest BCUT2D eigenvalue weighted by Crippen LogP contribution is -2.42. The average Bonchev–Trinajstić information content (AvgIpc) is 3.06. The van der Waals surface area contributed by atoms with Gasteiger partial charge in [0.05, 0.1) is 23.7 Å². The number of carbonyl (C=O) groups excluding carboxylic acids is 2. The number of sulfone groups is 1. The Balaban J connectivity index is 1.44. The number of nitrogens with zero attached hydrogens (tertiary/aromatic N) is 1. The summed E-state index contributed by atoms with van der Waals surface area (Å²) >= 11 is 0. The molecule has 1 aliphatic heterocycles. The summed E-state index contributed by atoms with van der Waals surface area (Å²) in [6.45, 7) is 0.474. The maximum absolute atomic E-state index is 12.4. The van der Waals surface area contributed by atoms with Gasteiger partial charge in [0.25, 0.3) is 0 Å². The molecule has 1 fully saturated rings. The van der Waals surface area contributed by atoms with Crippen molar-refractivity contribution in [3.8, 4) is 11.5 Å². The van der Waals surface area contributed by atoms with Crippen LogP contribution in [0.4, 0.5) is 5.69 Å². The maximum atomic E-state index is 12.4. The Morgan fingerprint density at radius 1 is 1.06 bits per heavy atom. The van der Waals surface area contributed by atoms with E-state index in [4.69, 9.17) is 4.74 Å². The Bertz CT molecular complexity index is 1010. The number of amides is 2. The van der Waals surface area contributed by atoms with Gasteiger partial charge in [-0.25, -0.2) is 8.42 Å². The molecule has 0 saturated carbocycles. The van der Waals surface area contributed by atoms with E-state index >= 15 is 0 Å². The van der Waals surface area contributed by atoms with Gasteiger partial charge in [0.2, 0.25) is 11.8 Å².